The van der Waals surface area contributed by atoms with Crippen LogP contribution in [0.2, 0.25) is 0 Å². The summed E-state index contributed by atoms with van der Waals surface area (Å²) in [7, 11) is 0. The fourth-order valence-electron chi connectivity index (χ4n) is 1.27. The Morgan fingerprint density at radius 1 is 1.62 bits per heavy atom. The molecule has 5 heteroatoms. The van der Waals surface area contributed by atoms with Gasteiger partial charge < -0.3 is 0 Å². The van der Waals surface area contributed by atoms with E-state index in [1.807, 2.05) is 41.0 Å². The predicted molar refractivity (Wildman–Crippen MR) is 79.5 cm³/mol. The average molecular weight is 288 g/mol. The highest BCUT2D eigenvalue weighted by Crippen LogP contribution is 2.33. The number of carbonyl (C=O) groups excluding carboxylic acids is 1. The van der Waals surface area contributed by atoms with Crippen LogP contribution in [-0.4, -0.2) is 27.0 Å². The van der Waals surface area contributed by atoms with E-state index in [1.54, 1.807) is 11.3 Å². The lowest BCUT2D eigenvalue weighted by Gasteiger charge is -2.06. The Labute approximate surface area is 112 Å². The van der Waals surface area contributed by atoms with Gasteiger partial charge in [0.1, 0.15) is 0 Å². The summed E-state index contributed by atoms with van der Waals surface area (Å²) in [6.07, 6.45) is 0. The largest absolute Gasteiger partial charge is 0.282 e. The summed E-state index contributed by atoms with van der Waals surface area (Å²) in [5.41, 5.74) is 0.649. The quantitative estimate of drug-likeness (QED) is 0.783. The average Bonchev–Trinajstić information content (AvgIpc) is 2.96. The lowest BCUT2D eigenvalue weighted by Crippen LogP contribution is -2.07. The standard InChI is InChI=1S/C11H12OS4/c1-8(10-3-2-4-14-10)11(12)15-6-9-5-13-7-16-9/h2-4,9H,1,5-7H2. The molecule has 0 aliphatic carbocycles. The van der Waals surface area contributed by atoms with E-state index in [1.165, 1.54) is 22.6 Å². The third-order valence-corrected chi connectivity index (χ3v) is 7.24. The van der Waals surface area contributed by atoms with Crippen LogP contribution < -0.4 is 0 Å². The molecule has 0 amide bonds. The minimum Gasteiger partial charge on any atom is -0.282 e. The highest BCUT2D eigenvalue weighted by Gasteiger charge is 2.19. The Balaban J connectivity index is 1.81. The van der Waals surface area contributed by atoms with E-state index in [2.05, 4.69) is 6.58 Å². The first-order chi connectivity index (χ1) is 7.77. The Hall–Kier alpha value is 0.160. The molecule has 0 N–H and O–H groups in total. The SMILES string of the molecule is C=C(C(=O)SCC1CSCS1)c1cccs1. The summed E-state index contributed by atoms with van der Waals surface area (Å²) in [6.45, 7) is 3.87. The highest BCUT2D eigenvalue weighted by atomic mass is 32.2. The summed E-state index contributed by atoms with van der Waals surface area (Å²) in [5.74, 6) is 2.09. The summed E-state index contributed by atoms with van der Waals surface area (Å²) >= 11 is 6.90. The van der Waals surface area contributed by atoms with Crippen LogP contribution in [0.25, 0.3) is 5.57 Å². The third kappa shape index (κ3) is 3.32. The van der Waals surface area contributed by atoms with E-state index in [0.717, 1.165) is 10.6 Å². The van der Waals surface area contributed by atoms with Crippen LogP contribution in [0.4, 0.5) is 0 Å². The normalized spacial score (nSPS) is 19.9. The van der Waals surface area contributed by atoms with E-state index >= 15 is 0 Å². The van der Waals surface area contributed by atoms with Crippen LogP contribution in [0.3, 0.4) is 0 Å². The molecule has 1 saturated heterocycles. The summed E-state index contributed by atoms with van der Waals surface area (Å²) in [4.78, 5) is 12.8. The molecule has 1 unspecified atom stereocenters. The Morgan fingerprint density at radius 3 is 3.12 bits per heavy atom. The van der Waals surface area contributed by atoms with Gasteiger partial charge in [-0.2, -0.15) is 0 Å². The van der Waals surface area contributed by atoms with Crippen molar-refractivity contribution >= 4 is 57.3 Å². The van der Waals surface area contributed by atoms with Gasteiger partial charge >= 0.3 is 0 Å². The molecule has 16 heavy (non-hydrogen) atoms. The second-order valence-electron chi connectivity index (χ2n) is 3.33. The molecular formula is C11H12OS4. The van der Waals surface area contributed by atoms with Gasteiger partial charge in [-0.05, 0) is 11.4 Å². The minimum atomic E-state index is 0.125. The number of thioether (sulfide) groups is 3. The zero-order valence-electron chi connectivity index (χ0n) is 8.68. The van der Waals surface area contributed by atoms with Crippen molar-refractivity contribution in [3.63, 3.8) is 0 Å². The van der Waals surface area contributed by atoms with E-state index in [0.29, 0.717) is 10.8 Å². The first-order valence-electron chi connectivity index (χ1n) is 4.86. The molecule has 2 rings (SSSR count). The van der Waals surface area contributed by atoms with Crippen LogP contribution in [0, 0.1) is 0 Å². The highest BCUT2D eigenvalue weighted by molar-refractivity contribution is 8.20. The van der Waals surface area contributed by atoms with Crippen LogP contribution in [0.15, 0.2) is 24.1 Å². The molecule has 1 aromatic heterocycles. The third-order valence-electron chi connectivity index (χ3n) is 2.16. The molecular weight excluding hydrogens is 276 g/mol. The number of carbonyl (C=O) groups is 1. The lowest BCUT2D eigenvalue weighted by atomic mass is 10.3. The van der Waals surface area contributed by atoms with Crippen molar-refractivity contribution in [2.75, 3.05) is 16.6 Å². The maximum atomic E-state index is 11.9. The summed E-state index contributed by atoms with van der Waals surface area (Å²) in [6, 6.07) is 3.90. The molecule has 0 saturated carbocycles. The van der Waals surface area contributed by atoms with Gasteiger partial charge in [0, 0.05) is 32.3 Å². The molecule has 1 aliphatic rings. The molecule has 1 atom stereocenters. The molecule has 1 fully saturated rings. The van der Waals surface area contributed by atoms with E-state index < -0.39 is 0 Å². The van der Waals surface area contributed by atoms with E-state index in [-0.39, 0.29) is 5.12 Å². The van der Waals surface area contributed by atoms with Crippen molar-refractivity contribution < 1.29 is 4.79 Å². The topological polar surface area (TPSA) is 17.1 Å². The second-order valence-corrected chi connectivity index (χ2v) is 7.96. The molecule has 0 spiro atoms. The maximum Gasteiger partial charge on any atom is 0.220 e. The van der Waals surface area contributed by atoms with Crippen LogP contribution in [0.5, 0.6) is 0 Å². The van der Waals surface area contributed by atoms with Gasteiger partial charge in [0.05, 0.1) is 0 Å². The number of thiophene rings is 1. The molecule has 1 aliphatic heterocycles. The van der Waals surface area contributed by atoms with Crippen LogP contribution in [0.1, 0.15) is 4.88 Å². The molecule has 2 heterocycles. The van der Waals surface area contributed by atoms with Gasteiger partial charge in [0.25, 0.3) is 0 Å². The fourth-order valence-corrected chi connectivity index (χ4v) is 6.11. The Bertz CT molecular complexity index is 365. The fraction of sp³-hybridized carbons (Fsp3) is 0.364. The van der Waals surface area contributed by atoms with Crippen molar-refractivity contribution in [3.8, 4) is 0 Å². The Kier molecular flexibility index (Phi) is 4.88. The molecule has 1 nitrogen and oxygen atoms in total. The zero-order chi connectivity index (χ0) is 11.4. The molecule has 86 valence electrons. The monoisotopic (exact) mass is 288 g/mol. The van der Waals surface area contributed by atoms with Gasteiger partial charge in [-0.3, -0.25) is 4.79 Å². The number of hydrogen-bond acceptors (Lipinski definition) is 5. The molecule has 0 aromatic carbocycles. The van der Waals surface area contributed by atoms with Gasteiger partial charge in [0.15, 0.2) is 0 Å². The van der Waals surface area contributed by atoms with Crippen molar-refractivity contribution in [3.05, 3.63) is 29.0 Å². The van der Waals surface area contributed by atoms with Crippen molar-refractivity contribution in [1.29, 1.82) is 0 Å². The minimum absolute atomic E-state index is 0.125. The van der Waals surface area contributed by atoms with E-state index in [9.17, 15) is 4.79 Å². The predicted octanol–water partition coefficient (Wildman–Crippen LogP) is 3.83. The summed E-state index contributed by atoms with van der Waals surface area (Å²) in [5, 5.41) is 3.91. The van der Waals surface area contributed by atoms with Crippen molar-refractivity contribution in [2.45, 2.75) is 5.25 Å². The second kappa shape index (κ2) is 6.19. The van der Waals surface area contributed by atoms with Gasteiger partial charge in [-0.1, -0.05) is 24.4 Å². The maximum absolute atomic E-state index is 11.9. The van der Waals surface area contributed by atoms with Gasteiger partial charge in [-0.25, -0.2) is 0 Å². The first kappa shape index (κ1) is 12.6. The van der Waals surface area contributed by atoms with Gasteiger partial charge in [0.2, 0.25) is 5.12 Å². The molecule has 0 radical (unpaired) electrons. The van der Waals surface area contributed by atoms with E-state index in [4.69, 9.17) is 0 Å². The number of hydrogen-bond donors (Lipinski definition) is 0. The molecule has 0 bridgehead atoms. The van der Waals surface area contributed by atoms with Crippen molar-refractivity contribution in [2.24, 2.45) is 0 Å². The van der Waals surface area contributed by atoms with Gasteiger partial charge in [-0.15, -0.1) is 34.9 Å². The zero-order valence-corrected chi connectivity index (χ0v) is 11.9. The Morgan fingerprint density at radius 2 is 2.50 bits per heavy atom. The van der Waals surface area contributed by atoms with Crippen molar-refractivity contribution in [1.82, 2.24) is 0 Å². The lowest BCUT2D eigenvalue weighted by molar-refractivity contribution is -0.106. The van der Waals surface area contributed by atoms with Crippen LogP contribution in [-0.2, 0) is 4.79 Å². The smallest absolute Gasteiger partial charge is 0.220 e. The molecule has 1 aromatic rings. The van der Waals surface area contributed by atoms with Crippen LogP contribution >= 0.6 is 46.6 Å². The first-order valence-corrected chi connectivity index (χ1v) is 8.93. The summed E-state index contributed by atoms with van der Waals surface area (Å²) < 4.78 is 0. The number of rotatable bonds is 4.